The second kappa shape index (κ2) is 10.8. The van der Waals surface area contributed by atoms with Crippen LogP contribution in [0, 0.1) is 20.2 Å². The molecular formula is C24H15BrClN3O8. The van der Waals surface area contributed by atoms with Crippen LogP contribution in [-0.4, -0.2) is 28.8 Å². The Morgan fingerprint density at radius 1 is 1.08 bits per heavy atom. The normalized spacial score (nSPS) is 13.8. The smallest absolute Gasteiger partial charge is 0.363 e. The summed E-state index contributed by atoms with van der Waals surface area (Å²) in [7, 11) is 1.44. The quantitative estimate of drug-likeness (QED) is 0.138. The lowest BCUT2D eigenvalue weighted by molar-refractivity contribution is -0.385. The number of nitro benzene ring substituents is 2. The molecule has 13 heteroatoms. The number of nitrogens with zero attached hydrogens (tertiary/aromatic N) is 3. The van der Waals surface area contributed by atoms with Gasteiger partial charge in [-0.2, -0.15) is 0 Å². The molecule has 0 aliphatic carbocycles. The van der Waals surface area contributed by atoms with E-state index in [0.717, 1.165) is 6.07 Å². The van der Waals surface area contributed by atoms with Crippen LogP contribution in [0.15, 0.2) is 69.8 Å². The van der Waals surface area contributed by atoms with Crippen LogP contribution in [0.3, 0.4) is 0 Å². The number of hydrogen-bond acceptors (Lipinski definition) is 9. The number of carbonyl (C=O) groups is 1. The van der Waals surface area contributed by atoms with Gasteiger partial charge in [-0.05, 0) is 51.3 Å². The van der Waals surface area contributed by atoms with Crippen molar-refractivity contribution in [1.82, 2.24) is 0 Å². The number of methoxy groups -OCH3 is 1. The number of carbonyl (C=O) groups excluding carboxylic acids is 1. The van der Waals surface area contributed by atoms with Gasteiger partial charge in [-0.3, -0.25) is 20.2 Å². The second-order valence-electron chi connectivity index (χ2n) is 7.51. The summed E-state index contributed by atoms with van der Waals surface area (Å²) in [4.78, 5) is 37.4. The molecule has 0 unspecified atom stereocenters. The SMILES string of the molecule is COc1cc(/C=C2\N=C(c3ccc([N+](=O)[O-])cc3Cl)OC2=O)cc(Br)c1OCc1cccc([N+](=O)[O-])c1. The predicted molar refractivity (Wildman–Crippen MR) is 137 cm³/mol. The van der Waals surface area contributed by atoms with Crippen molar-refractivity contribution >= 4 is 56.8 Å². The molecule has 0 aromatic heterocycles. The molecule has 1 aliphatic heterocycles. The summed E-state index contributed by atoms with van der Waals surface area (Å²) < 4.78 is 17.0. The van der Waals surface area contributed by atoms with Gasteiger partial charge in [0.2, 0.25) is 5.90 Å². The maximum atomic E-state index is 12.4. The fraction of sp³-hybridized carbons (Fsp3) is 0.0833. The molecule has 3 aromatic rings. The monoisotopic (exact) mass is 587 g/mol. The molecule has 0 N–H and O–H groups in total. The van der Waals surface area contributed by atoms with Crippen molar-refractivity contribution in [1.29, 1.82) is 0 Å². The predicted octanol–water partition coefficient (Wildman–Crippen LogP) is 5.85. The molecule has 4 rings (SSSR count). The Labute approximate surface area is 222 Å². The van der Waals surface area contributed by atoms with Crippen molar-refractivity contribution in [2.45, 2.75) is 6.61 Å². The van der Waals surface area contributed by atoms with Gasteiger partial charge in [0, 0.05) is 24.3 Å². The largest absolute Gasteiger partial charge is 0.493 e. The number of rotatable bonds is 8. The van der Waals surface area contributed by atoms with E-state index in [1.807, 2.05) is 0 Å². The maximum absolute atomic E-state index is 12.4. The number of ether oxygens (including phenoxy) is 3. The first-order valence-corrected chi connectivity index (χ1v) is 11.5. The van der Waals surface area contributed by atoms with Gasteiger partial charge in [-0.1, -0.05) is 23.7 Å². The van der Waals surface area contributed by atoms with Crippen molar-refractivity contribution < 1.29 is 28.9 Å². The zero-order valence-corrected chi connectivity index (χ0v) is 21.2. The summed E-state index contributed by atoms with van der Waals surface area (Å²) in [6, 6.07) is 13.1. The minimum atomic E-state index is -0.731. The average molecular weight is 589 g/mol. The molecule has 0 fully saturated rings. The minimum Gasteiger partial charge on any atom is -0.493 e. The number of nitro groups is 2. The van der Waals surface area contributed by atoms with Crippen molar-refractivity contribution in [3.63, 3.8) is 0 Å². The number of esters is 1. The van der Waals surface area contributed by atoms with Gasteiger partial charge in [0.1, 0.15) is 6.61 Å². The summed E-state index contributed by atoms with van der Waals surface area (Å²) in [5, 5.41) is 21.9. The van der Waals surface area contributed by atoms with E-state index in [-0.39, 0.29) is 40.2 Å². The standard InChI is InChI=1S/C24H15BrClN3O8/c1-35-21-10-14(8-18(25)22(21)36-12-13-3-2-4-15(7-13)28(31)32)9-20-24(30)37-23(27-20)17-6-5-16(29(33)34)11-19(17)26/h2-11H,12H2,1H3/b20-9-. The van der Waals surface area contributed by atoms with E-state index in [2.05, 4.69) is 20.9 Å². The zero-order chi connectivity index (χ0) is 26.7. The van der Waals surface area contributed by atoms with Gasteiger partial charge in [-0.25, -0.2) is 9.79 Å². The Morgan fingerprint density at radius 2 is 1.81 bits per heavy atom. The average Bonchev–Trinajstić information content (AvgIpc) is 3.22. The Bertz CT molecular complexity index is 1510. The highest BCUT2D eigenvalue weighted by Gasteiger charge is 2.27. The molecular weight excluding hydrogens is 574 g/mol. The van der Waals surface area contributed by atoms with Crippen molar-refractivity contribution in [3.8, 4) is 11.5 Å². The molecule has 0 atom stereocenters. The van der Waals surface area contributed by atoms with Gasteiger partial charge in [0.15, 0.2) is 17.2 Å². The molecule has 1 aliphatic rings. The topological polar surface area (TPSA) is 143 Å². The number of halogens is 2. The van der Waals surface area contributed by atoms with E-state index < -0.39 is 15.8 Å². The Hall–Kier alpha value is -4.29. The lowest BCUT2D eigenvalue weighted by Gasteiger charge is -2.13. The molecule has 0 saturated carbocycles. The first-order valence-electron chi connectivity index (χ1n) is 10.4. The Balaban J connectivity index is 1.59. The van der Waals surface area contributed by atoms with E-state index in [4.69, 9.17) is 25.8 Å². The first-order chi connectivity index (χ1) is 17.7. The van der Waals surface area contributed by atoms with Crippen LogP contribution in [0.25, 0.3) is 6.08 Å². The van der Waals surface area contributed by atoms with E-state index >= 15 is 0 Å². The van der Waals surface area contributed by atoms with Crippen molar-refractivity contribution in [2.24, 2.45) is 4.99 Å². The molecule has 3 aromatic carbocycles. The third-order valence-corrected chi connectivity index (χ3v) is 5.98. The van der Waals surface area contributed by atoms with Crippen LogP contribution in [0.1, 0.15) is 16.7 Å². The van der Waals surface area contributed by atoms with Crippen LogP contribution in [0.4, 0.5) is 11.4 Å². The highest BCUT2D eigenvalue weighted by atomic mass is 79.9. The van der Waals surface area contributed by atoms with Gasteiger partial charge < -0.3 is 14.2 Å². The van der Waals surface area contributed by atoms with Crippen LogP contribution in [-0.2, 0) is 16.1 Å². The highest BCUT2D eigenvalue weighted by Crippen LogP contribution is 2.38. The van der Waals surface area contributed by atoms with Crippen molar-refractivity contribution in [2.75, 3.05) is 7.11 Å². The third kappa shape index (κ3) is 5.76. The summed E-state index contributed by atoms with van der Waals surface area (Å²) in [5.74, 6) is -0.128. The number of benzene rings is 3. The molecule has 11 nitrogen and oxygen atoms in total. The molecule has 1 heterocycles. The molecule has 0 amide bonds. The van der Waals surface area contributed by atoms with Crippen molar-refractivity contribution in [3.05, 3.63) is 107 Å². The third-order valence-electron chi connectivity index (χ3n) is 5.07. The fourth-order valence-electron chi connectivity index (χ4n) is 3.35. The van der Waals surface area contributed by atoms with Crippen LogP contribution in [0.5, 0.6) is 11.5 Å². The summed E-state index contributed by atoms with van der Waals surface area (Å²) in [6.45, 7) is 0.0487. The second-order valence-corrected chi connectivity index (χ2v) is 8.77. The number of aliphatic imine (C=N–C) groups is 1. The van der Waals surface area contributed by atoms with Crippen LogP contribution >= 0.6 is 27.5 Å². The number of non-ortho nitro benzene ring substituents is 2. The summed E-state index contributed by atoms with van der Waals surface area (Å²) in [6.07, 6.45) is 1.46. The molecule has 0 saturated heterocycles. The van der Waals surface area contributed by atoms with Gasteiger partial charge >= 0.3 is 5.97 Å². The number of hydrogen-bond donors (Lipinski definition) is 0. The first kappa shape index (κ1) is 25.8. The molecule has 37 heavy (non-hydrogen) atoms. The zero-order valence-electron chi connectivity index (χ0n) is 18.8. The van der Waals surface area contributed by atoms with Gasteiger partial charge in [0.25, 0.3) is 11.4 Å². The Kier molecular flexibility index (Phi) is 7.50. The highest BCUT2D eigenvalue weighted by molar-refractivity contribution is 9.10. The van der Waals surface area contributed by atoms with E-state index in [1.54, 1.807) is 24.3 Å². The minimum absolute atomic E-state index is 0.0108. The molecule has 0 bridgehead atoms. The van der Waals surface area contributed by atoms with E-state index in [1.165, 1.54) is 37.5 Å². The lowest BCUT2D eigenvalue weighted by Crippen LogP contribution is -2.06. The van der Waals surface area contributed by atoms with E-state index in [9.17, 15) is 25.0 Å². The molecule has 0 radical (unpaired) electrons. The van der Waals surface area contributed by atoms with E-state index in [0.29, 0.717) is 27.1 Å². The lowest BCUT2D eigenvalue weighted by atomic mass is 10.1. The summed E-state index contributed by atoms with van der Waals surface area (Å²) in [5.41, 5.74) is 1.07. The van der Waals surface area contributed by atoms with Crippen LogP contribution in [0.2, 0.25) is 5.02 Å². The maximum Gasteiger partial charge on any atom is 0.363 e. The van der Waals surface area contributed by atoms with Crippen LogP contribution < -0.4 is 9.47 Å². The molecule has 188 valence electrons. The fourth-order valence-corrected chi connectivity index (χ4v) is 4.18. The Morgan fingerprint density at radius 3 is 2.49 bits per heavy atom. The number of cyclic esters (lactones) is 1. The molecule has 0 spiro atoms. The van der Waals surface area contributed by atoms with Gasteiger partial charge in [-0.15, -0.1) is 0 Å². The summed E-state index contributed by atoms with van der Waals surface area (Å²) >= 11 is 9.54. The van der Waals surface area contributed by atoms with Gasteiger partial charge in [0.05, 0.1) is 32.0 Å².